The summed E-state index contributed by atoms with van der Waals surface area (Å²) in [5.74, 6) is 1.56. The number of hydrogen-bond donors (Lipinski definition) is 1. The van der Waals surface area contributed by atoms with Gasteiger partial charge in [0.05, 0.1) is 6.10 Å². The lowest BCUT2D eigenvalue weighted by Gasteiger charge is -2.30. The maximum absolute atomic E-state index is 5.85. The third-order valence-corrected chi connectivity index (χ3v) is 4.19. The van der Waals surface area contributed by atoms with Crippen LogP contribution in [0.1, 0.15) is 59.8 Å². The molecule has 1 aliphatic heterocycles. The minimum Gasteiger partial charge on any atom is -0.378 e. The van der Waals surface area contributed by atoms with Crippen molar-refractivity contribution in [2.75, 3.05) is 13.2 Å². The molecule has 0 aliphatic carbocycles. The van der Waals surface area contributed by atoms with Gasteiger partial charge in [-0.15, -0.1) is 0 Å². The van der Waals surface area contributed by atoms with Crippen molar-refractivity contribution in [3.63, 3.8) is 0 Å². The Labute approximate surface area is 108 Å². The van der Waals surface area contributed by atoms with Crippen molar-refractivity contribution in [1.29, 1.82) is 0 Å². The van der Waals surface area contributed by atoms with E-state index in [9.17, 15) is 0 Å². The van der Waals surface area contributed by atoms with Crippen molar-refractivity contribution in [2.45, 2.75) is 71.9 Å². The van der Waals surface area contributed by atoms with Crippen molar-refractivity contribution in [3.8, 4) is 0 Å². The Balaban J connectivity index is 2.54. The van der Waals surface area contributed by atoms with E-state index in [4.69, 9.17) is 4.74 Å². The lowest BCUT2D eigenvalue weighted by molar-refractivity contribution is 0.0745. The standard InChI is InChI=1S/C15H31NO/c1-5-9-16-14(11-12(4)6-2)13-8-10-17-15(13)7-3/h12-16H,5-11H2,1-4H3. The molecule has 2 nitrogen and oxygen atoms in total. The van der Waals surface area contributed by atoms with Crippen LogP contribution in [0.4, 0.5) is 0 Å². The summed E-state index contributed by atoms with van der Waals surface area (Å²) >= 11 is 0. The monoisotopic (exact) mass is 241 g/mol. The van der Waals surface area contributed by atoms with Gasteiger partial charge in [-0.25, -0.2) is 0 Å². The second-order valence-corrected chi connectivity index (χ2v) is 5.58. The van der Waals surface area contributed by atoms with Gasteiger partial charge in [-0.05, 0) is 38.1 Å². The largest absolute Gasteiger partial charge is 0.378 e. The number of hydrogen-bond acceptors (Lipinski definition) is 2. The van der Waals surface area contributed by atoms with Crippen LogP contribution in [-0.4, -0.2) is 25.3 Å². The molecule has 0 radical (unpaired) electrons. The quantitative estimate of drug-likeness (QED) is 0.701. The molecule has 4 atom stereocenters. The molecular weight excluding hydrogens is 210 g/mol. The maximum atomic E-state index is 5.85. The molecule has 0 aromatic rings. The van der Waals surface area contributed by atoms with E-state index < -0.39 is 0 Å². The van der Waals surface area contributed by atoms with Gasteiger partial charge in [0.15, 0.2) is 0 Å². The SMILES string of the molecule is CCCNC(CC(C)CC)C1CCOC1CC. The molecule has 17 heavy (non-hydrogen) atoms. The highest BCUT2D eigenvalue weighted by Gasteiger charge is 2.33. The molecule has 1 aliphatic rings. The maximum Gasteiger partial charge on any atom is 0.0616 e. The van der Waals surface area contributed by atoms with E-state index in [2.05, 4.69) is 33.0 Å². The van der Waals surface area contributed by atoms with Crippen molar-refractivity contribution in [1.82, 2.24) is 5.32 Å². The fourth-order valence-corrected chi connectivity index (χ4v) is 2.89. The highest BCUT2D eigenvalue weighted by Crippen LogP contribution is 2.30. The van der Waals surface area contributed by atoms with E-state index in [1.165, 1.54) is 25.7 Å². The minimum atomic E-state index is 0.494. The third-order valence-electron chi connectivity index (χ3n) is 4.19. The van der Waals surface area contributed by atoms with Crippen LogP contribution in [0.25, 0.3) is 0 Å². The Hall–Kier alpha value is -0.0800. The summed E-state index contributed by atoms with van der Waals surface area (Å²) in [5.41, 5.74) is 0. The van der Waals surface area contributed by atoms with Gasteiger partial charge in [0.1, 0.15) is 0 Å². The minimum absolute atomic E-state index is 0.494. The zero-order valence-corrected chi connectivity index (χ0v) is 12.2. The average molecular weight is 241 g/mol. The van der Waals surface area contributed by atoms with Crippen LogP contribution < -0.4 is 5.32 Å². The zero-order chi connectivity index (χ0) is 12.7. The van der Waals surface area contributed by atoms with Crippen LogP contribution in [0.15, 0.2) is 0 Å². The Kier molecular flexibility index (Phi) is 7.14. The second kappa shape index (κ2) is 8.10. The van der Waals surface area contributed by atoms with Gasteiger partial charge in [-0.3, -0.25) is 0 Å². The summed E-state index contributed by atoms with van der Waals surface area (Å²) in [6.07, 6.45) is 6.72. The van der Waals surface area contributed by atoms with E-state index in [0.29, 0.717) is 12.1 Å². The van der Waals surface area contributed by atoms with Gasteiger partial charge in [0.2, 0.25) is 0 Å². The molecule has 1 N–H and O–H groups in total. The topological polar surface area (TPSA) is 21.3 Å². The third kappa shape index (κ3) is 4.59. The van der Waals surface area contributed by atoms with Crippen molar-refractivity contribution >= 4 is 0 Å². The summed E-state index contributed by atoms with van der Waals surface area (Å²) < 4.78 is 5.85. The predicted octanol–water partition coefficient (Wildman–Crippen LogP) is 3.61. The smallest absolute Gasteiger partial charge is 0.0616 e. The summed E-state index contributed by atoms with van der Waals surface area (Å²) in [7, 11) is 0. The lowest BCUT2D eigenvalue weighted by atomic mass is 9.85. The normalized spacial score (nSPS) is 28.2. The lowest BCUT2D eigenvalue weighted by Crippen LogP contribution is -2.41. The van der Waals surface area contributed by atoms with E-state index >= 15 is 0 Å². The first-order chi connectivity index (χ1) is 8.22. The molecule has 1 saturated heterocycles. The van der Waals surface area contributed by atoms with E-state index in [1.54, 1.807) is 0 Å². The number of rotatable bonds is 8. The molecular formula is C15H31NO. The first-order valence-electron chi connectivity index (χ1n) is 7.57. The second-order valence-electron chi connectivity index (χ2n) is 5.58. The molecule has 2 heteroatoms. The van der Waals surface area contributed by atoms with Crippen molar-refractivity contribution in [3.05, 3.63) is 0 Å². The Bertz CT molecular complexity index is 195. The van der Waals surface area contributed by atoms with Crippen LogP contribution in [-0.2, 0) is 4.74 Å². The Morgan fingerprint density at radius 1 is 1.29 bits per heavy atom. The van der Waals surface area contributed by atoms with Gasteiger partial charge in [-0.2, -0.15) is 0 Å². The van der Waals surface area contributed by atoms with Gasteiger partial charge >= 0.3 is 0 Å². The Morgan fingerprint density at radius 3 is 2.65 bits per heavy atom. The van der Waals surface area contributed by atoms with Crippen LogP contribution in [0.5, 0.6) is 0 Å². The molecule has 4 unspecified atom stereocenters. The van der Waals surface area contributed by atoms with Gasteiger partial charge in [0, 0.05) is 18.6 Å². The molecule has 1 fully saturated rings. The van der Waals surface area contributed by atoms with E-state index in [0.717, 1.165) is 31.4 Å². The molecule has 0 aromatic heterocycles. The molecule has 0 saturated carbocycles. The summed E-state index contributed by atoms with van der Waals surface area (Å²) in [5, 5.41) is 3.76. The zero-order valence-electron chi connectivity index (χ0n) is 12.2. The molecule has 0 aromatic carbocycles. The molecule has 0 amide bonds. The van der Waals surface area contributed by atoms with Gasteiger partial charge in [-0.1, -0.05) is 34.1 Å². The fraction of sp³-hybridized carbons (Fsp3) is 1.00. The van der Waals surface area contributed by atoms with E-state index in [-0.39, 0.29) is 0 Å². The molecule has 102 valence electrons. The van der Waals surface area contributed by atoms with Crippen LogP contribution in [0.3, 0.4) is 0 Å². The van der Waals surface area contributed by atoms with E-state index in [1.807, 2.05) is 0 Å². The number of ether oxygens (including phenoxy) is 1. The molecule has 0 bridgehead atoms. The predicted molar refractivity (Wildman–Crippen MR) is 74.3 cm³/mol. The molecule has 1 heterocycles. The first-order valence-corrected chi connectivity index (χ1v) is 7.57. The van der Waals surface area contributed by atoms with Crippen molar-refractivity contribution < 1.29 is 4.74 Å². The highest BCUT2D eigenvalue weighted by molar-refractivity contribution is 4.86. The molecule has 1 rings (SSSR count). The number of nitrogens with one attached hydrogen (secondary N) is 1. The summed E-state index contributed by atoms with van der Waals surface area (Å²) in [6, 6.07) is 0.664. The molecule has 0 spiro atoms. The van der Waals surface area contributed by atoms with Crippen molar-refractivity contribution in [2.24, 2.45) is 11.8 Å². The van der Waals surface area contributed by atoms with Gasteiger partial charge in [0.25, 0.3) is 0 Å². The Morgan fingerprint density at radius 2 is 2.06 bits per heavy atom. The summed E-state index contributed by atoms with van der Waals surface area (Å²) in [6.45, 7) is 11.3. The first kappa shape index (κ1) is 15.0. The summed E-state index contributed by atoms with van der Waals surface area (Å²) in [4.78, 5) is 0. The average Bonchev–Trinajstić information content (AvgIpc) is 2.82. The van der Waals surface area contributed by atoms with Gasteiger partial charge < -0.3 is 10.1 Å². The fourth-order valence-electron chi connectivity index (χ4n) is 2.89. The van der Waals surface area contributed by atoms with Crippen LogP contribution >= 0.6 is 0 Å². The highest BCUT2D eigenvalue weighted by atomic mass is 16.5. The van der Waals surface area contributed by atoms with Crippen LogP contribution in [0.2, 0.25) is 0 Å². The van der Waals surface area contributed by atoms with Crippen LogP contribution in [0, 0.1) is 11.8 Å².